The Bertz CT molecular complexity index is 1480. The molecule has 6 atom stereocenters. The molecule has 6 rings (SSSR count). The van der Waals surface area contributed by atoms with Gasteiger partial charge in [0.25, 0.3) is 0 Å². The average Bonchev–Trinajstić information content (AvgIpc) is 3.00. The van der Waals surface area contributed by atoms with Crippen molar-refractivity contribution in [3.63, 3.8) is 0 Å². The molecule has 2 aromatic rings. The minimum atomic E-state index is -0.487. The number of rotatable bonds is 7. The molecule has 6 unspecified atom stereocenters. The molecular formula is C37H46N4O3. The number of fused-ring (bicyclic) bond motifs is 4. The SMILES string of the molecule is CCC1CC2CC(CC(C)(NCc3ccc(C#Cc4cccc(/N=C(/C)N(C)C5CCC(=O)NC5=O)c4C=O)cc3)C1)C2C. The number of carbonyl (C=O) groups excluding carboxylic acids is 3. The third-order valence-electron chi connectivity index (χ3n) is 10.4. The molecule has 4 fully saturated rings. The van der Waals surface area contributed by atoms with Crippen LogP contribution in [-0.4, -0.2) is 47.5 Å². The Labute approximate surface area is 262 Å². The van der Waals surface area contributed by atoms with E-state index >= 15 is 0 Å². The van der Waals surface area contributed by atoms with Crippen LogP contribution in [0.1, 0.15) is 99.7 Å². The van der Waals surface area contributed by atoms with Crippen molar-refractivity contribution < 1.29 is 14.4 Å². The van der Waals surface area contributed by atoms with Crippen LogP contribution in [0.15, 0.2) is 47.5 Å². The highest BCUT2D eigenvalue weighted by Gasteiger charge is 2.45. The summed E-state index contributed by atoms with van der Waals surface area (Å²) >= 11 is 0. The van der Waals surface area contributed by atoms with E-state index in [4.69, 9.17) is 0 Å². The smallest absolute Gasteiger partial charge is 0.249 e. The zero-order chi connectivity index (χ0) is 31.4. The molecular weight excluding hydrogens is 548 g/mol. The Morgan fingerprint density at radius 2 is 1.89 bits per heavy atom. The Hall–Kier alpha value is -3.76. The van der Waals surface area contributed by atoms with Gasteiger partial charge in [-0.15, -0.1) is 0 Å². The molecule has 3 saturated carbocycles. The maximum Gasteiger partial charge on any atom is 0.249 e. The number of piperidine rings is 1. The number of nitrogens with zero attached hydrogens (tertiary/aromatic N) is 2. The van der Waals surface area contributed by atoms with E-state index in [0.717, 1.165) is 42.1 Å². The van der Waals surface area contributed by atoms with Crippen molar-refractivity contribution in [3.05, 3.63) is 64.7 Å². The molecule has 1 heterocycles. The number of hydrogen-bond acceptors (Lipinski definition) is 5. The fraction of sp³-hybridized carbons (Fsp3) is 0.514. The second kappa shape index (κ2) is 13.5. The second-order valence-electron chi connectivity index (χ2n) is 13.5. The quantitative estimate of drug-likeness (QED) is 0.135. The molecule has 0 spiro atoms. The van der Waals surface area contributed by atoms with Crippen LogP contribution in [0.5, 0.6) is 0 Å². The van der Waals surface area contributed by atoms with Crippen LogP contribution in [0.4, 0.5) is 5.69 Å². The molecule has 0 radical (unpaired) electrons. The summed E-state index contributed by atoms with van der Waals surface area (Å²) < 4.78 is 0. The number of imide groups is 1. The van der Waals surface area contributed by atoms with Gasteiger partial charge >= 0.3 is 0 Å². The Kier molecular flexibility index (Phi) is 9.70. The van der Waals surface area contributed by atoms with E-state index in [0.29, 0.717) is 29.1 Å². The third-order valence-corrected chi connectivity index (χ3v) is 10.4. The normalized spacial score (nSPS) is 28.5. The first-order chi connectivity index (χ1) is 21.1. The van der Waals surface area contributed by atoms with Gasteiger partial charge < -0.3 is 10.2 Å². The summed E-state index contributed by atoms with van der Waals surface area (Å²) in [6.45, 7) is 9.86. The Morgan fingerprint density at radius 3 is 2.57 bits per heavy atom. The average molecular weight is 595 g/mol. The first-order valence-corrected chi connectivity index (χ1v) is 16.1. The monoisotopic (exact) mass is 594 g/mol. The van der Waals surface area contributed by atoms with E-state index in [2.05, 4.69) is 60.4 Å². The highest BCUT2D eigenvalue weighted by molar-refractivity contribution is 6.02. The maximum atomic E-state index is 12.3. The van der Waals surface area contributed by atoms with E-state index in [1.165, 1.54) is 37.7 Å². The lowest BCUT2D eigenvalue weighted by molar-refractivity contribution is -0.136. The second-order valence-corrected chi connectivity index (χ2v) is 13.5. The summed E-state index contributed by atoms with van der Waals surface area (Å²) in [6, 6.07) is 13.3. The van der Waals surface area contributed by atoms with Crippen LogP contribution in [0.2, 0.25) is 0 Å². The number of aliphatic imine (C=N–C) groups is 1. The summed E-state index contributed by atoms with van der Waals surface area (Å²) in [6.07, 6.45) is 8.06. The topological polar surface area (TPSA) is 90.9 Å². The van der Waals surface area contributed by atoms with Gasteiger partial charge in [0.1, 0.15) is 11.9 Å². The van der Waals surface area contributed by atoms with E-state index in [1.807, 2.05) is 24.3 Å². The number of carbonyl (C=O) groups is 3. The minimum Gasteiger partial charge on any atom is -0.351 e. The van der Waals surface area contributed by atoms with E-state index < -0.39 is 6.04 Å². The summed E-state index contributed by atoms with van der Waals surface area (Å²) in [4.78, 5) is 42.4. The Morgan fingerprint density at radius 1 is 1.11 bits per heavy atom. The standard InChI is InChI=1S/C37H46N4O3/c1-6-26-18-30-19-31(24(30)2)21-37(4,20-26)38-22-28-12-10-27(11-13-28)14-15-29-8-7-9-33(32(29)23-42)39-25(3)41(5)34-16-17-35(43)40-36(34)44/h7-13,23-24,26,30-31,34,38H,6,16-22H2,1-5H3,(H,40,43,44)/b39-25-. The van der Waals surface area contributed by atoms with Crippen LogP contribution in [0.25, 0.3) is 0 Å². The molecule has 2 aromatic carbocycles. The molecule has 2 amide bonds. The van der Waals surface area contributed by atoms with E-state index in [9.17, 15) is 14.4 Å². The number of amides is 2. The number of amidine groups is 1. The van der Waals surface area contributed by atoms with Crippen molar-refractivity contribution in [2.24, 2.45) is 28.7 Å². The molecule has 44 heavy (non-hydrogen) atoms. The van der Waals surface area contributed by atoms with Gasteiger partial charge in [-0.2, -0.15) is 0 Å². The zero-order valence-corrected chi connectivity index (χ0v) is 26.8. The number of hydrogen-bond donors (Lipinski definition) is 2. The van der Waals surface area contributed by atoms with Crippen molar-refractivity contribution >= 4 is 29.6 Å². The predicted molar refractivity (Wildman–Crippen MR) is 175 cm³/mol. The van der Waals surface area contributed by atoms with Gasteiger partial charge in [0.15, 0.2) is 6.29 Å². The molecule has 7 nitrogen and oxygen atoms in total. The zero-order valence-electron chi connectivity index (χ0n) is 26.8. The van der Waals surface area contributed by atoms with Gasteiger partial charge in [-0.05, 0) is 99.5 Å². The van der Waals surface area contributed by atoms with E-state index in [-0.39, 0.29) is 23.8 Å². The lowest BCUT2D eigenvalue weighted by atomic mass is 9.56. The highest BCUT2D eigenvalue weighted by Crippen LogP contribution is 2.51. The number of nitrogens with one attached hydrogen (secondary N) is 2. The van der Waals surface area contributed by atoms with Gasteiger partial charge in [-0.1, -0.05) is 50.3 Å². The molecule has 232 valence electrons. The highest BCUT2D eigenvalue weighted by atomic mass is 16.2. The van der Waals surface area contributed by atoms with Crippen LogP contribution in [0.3, 0.4) is 0 Å². The summed E-state index contributed by atoms with van der Waals surface area (Å²) in [5, 5.41) is 6.32. The van der Waals surface area contributed by atoms with Crippen LogP contribution in [-0.2, 0) is 16.1 Å². The van der Waals surface area contributed by atoms with Crippen molar-refractivity contribution in [2.45, 2.75) is 90.8 Å². The first-order valence-electron chi connectivity index (χ1n) is 16.1. The fourth-order valence-electron chi connectivity index (χ4n) is 7.43. The molecule has 0 aromatic heterocycles. The lowest BCUT2D eigenvalue weighted by Gasteiger charge is -2.52. The van der Waals surface area contributed by atoms with E-state index in [1.54, 1.807) is 24.9 Å². The van der Waals surface area contributed by atoms with Gasteiger partial charge in [-0.25, -0.2) is 4.99 Å². The third kappa shape index (κ3) is 7.13. The molecule has 7 heteroatoms. The fourth-order valence-corrected chi connectivity index (χ4v) is 7.43. The largest absolute Gasteiger partial charge is 0.351 e. The molecule has 4 aliphatic rings. The molecule has 2 N–H and O–H groups in total. The first kappa shape index (κ1) is 31.7. The van der Waals surface area contributed by atoms with Gasteiger partial charge in [-0.3, -0.25) is 19.7 Å². The van der Waals surface area contributed by atoms with Gasteiger partial charge in [0, 0.05) is 36.7 Å². The molecule has 3 aliphatic carbocycles. The summed E-state index contributed by atoms with van der Waals surface area (Å²) in [7, 11) is 1.77. The van der Waals surface area contributed by atoms with Crippen molar-refractivity contribution in [2.75, 3.05) is 7.05 Å². The van der Waals surface area contributed by atoms with Crippen molar-refractivity contribution in [1.29, 1.82) is 0 Å². The lowest BCUT2D eigenvalue weighted by Crippen LogP contribution is -2.52. The minimum absolute atomic E-state index is 0.164. The number of likely N-dealkylation sites (N-methyl/N-ethyl adjacent to an activating group) is 1. The molecule has 1 saturated heterocycles. The molecule has 2 bridgehead atoms. The predicted octanol–water partition coefficient (Wildman–Crippen LogP) is 6.02. The number of benzene rings is 2. The maximum absolute atomic E-state index is 12.3. The van der Waals surface area contributed by atoms with Crippen LogP contribution >= 0.6 is 0 Å². The van der Waals surface area contributed by atoms with Crippen LogP contribution in [0, 0.1) is 35.5 Å². The van der Waals surface area contributed by atoms with Gasteiger partial charge in [0.2, 0.25) is 11.8 Å². The Balaban J connectivity index is 1.25. The van der Waals surface area contributed by atoms with Crippen molar-refractivity contribution in [3.8, 4) is 11.8 Å². The molecule has 1 aliphatic heterocycles. The van der Waals surface area contributed by atoms with Crippen molar-refractivity contribution in [1.82, 2.24) is 15.5 Å². The van der Waals surface area contributed by atoms with Crippen LogP contribution < -0.4 is 10.6 Å². The summed E-state index contributed by atoms with van der Waals surface area (Å²) in [5.41, 5.74) is 3.78. The van der Waals surface area contributed by atoms with Gasteiger partial charge in [0.05, 0.1) is 11.3 Å². The number of aldehydes is 1. The summed E-state index contributed by atoms with van der Waals surface area (Å²) in [5.74, 6) is 9.81.